The number of carbonyl (C=O) groups excluding carboxylic acids is 1. The minimum absolute atomic E-state index is 0.216. The number of carbonyl (C=O) groups is 2. The van der Waals surface area contributed by atoms with Crippen molar-refractivity contribution in [1.29, 1.82) is 0 Å². The number of carboxylic acid groups (broad SMARTS) is 1. The van der Waals surface area contributed by atoms with Gasteiger partial charge in [0, 0.05) is 6.54 Å². The summed E-state index contributed by atoms with van der Waals surface area (Å²) >= 11 is 0. The van der Waals surface area contributed by atoms with Crippen LogP contribution in [0.1, 0.15) is 25.0 Å². The molecule has 1 saturated carbocycles. The van der Waals surface area contributed by atoms with Gasteiger partial charge in [-0.1, -0.05) is 19.9 Å². The second-order valence-corrected chi connectivity index (χ2v) is 6.23. The molecule has 2 N–H and O–H groups in total. The number of halogens is 1. The molecule has 1 amide bonds. The lowest BCUT2D eigenvalue weighted by atomic mass is 10.1. The van der Waals surface area contributed by atoms with E-state index in [0.29, 0.717) is 13.0 Å². The van der Waals surface area contributed by atoms with Crippen LogP contribution in [-0.4, -0.2) is 23.5 Å². The highest BCUT2D eigenvalue weighted by Gasteiger charge is 2.65. The van der Waals surface area contributed by atoms with Crippen LogP contribution in [-0.2, 0) is 16.0 Å². The van der Waals surface area contributed by atoms with Crippen molar-refractivity contribution in [2.75, 3.05) is 6.54 Å². The van der Waals surface area contributed by atoms with Gasteiger partial charge < -0.3 is 10.4 Å². The number of rotatable bonds is 5. The van der Waals surface area contributed by atoms with Gasteiger partial charge in [0.05, 0.1) is 11.8 Å². The third-order valence-corrected chi connectivity index (χ3v) is 4.37. The van der Waals surface area contributed by atoms with Gasteiger partial charge in [0.15, 0.2) is 0 Å². The third kappa shape index (κ3) is 3.06. The highest BCUT2D eigenvalue weighted by Crippen LogP contribution is 2.58. The van der Waals surface area contributed by atoms with Crippen molar-refractivity contribution in [3.8, 4) is 0 Å². The van der Waals surface area contributed by atoms with E-state index in [1.165, 1.54) is 12.1 Å². The van der Waals surface area contributed by atoms with E-state index in [4.69, 9.17) is 5.11 Å². The lowest BCUT2D eigenvalue weighted by Crippen LogP contribution is -2.29. The molecule has 4 nitrogen and oxygen atoms in total. The summed E-state index contributed by atoms with van der Waals surface area (Å²) in [6.07, 6.45) is 0.600. The number of aryl methyl sites for hydroxylation is 1. The van der Waals surface area contributed by atoms with Crippen molar-refractivity contribution in [3.05, 3.63) is 35.1 Å². The first-order chi connectivity index (χ1) is 9.75. The lowest BCUT2D eigenvalue weighted by Gasteiger charge is -2.08. The van der Waals surface area contributed by atoms with Gasteiger partial charge in [-0.15, -0.1) is 0 Å². The number of hydrogen-bond donors (Lipinski definition) is 2. The maximum absolute atomic E-state index is 13.0. The molecule has 0 aromatic heterocycles. The fourth-order valence-corrected chi connectivity index (χ4v) is 2.96. The first-order valence-electron chi connectivity index (χ1n) is 7.00. The molecule has 5 heteroatoms. The van der Waals surface area contributed by atoms with Crippen molar-refractivity contribution < 1.29 is 19.1 Å². The Hall–Kier alpha value is -1.91. The average molecular weight is 293 g/mol. The van der Waals surface area contributed by atoms with Gasteiger partial charge in [0.1, 0.15) is 5.82 Å². The zero-order valence-electron chi connectivity index (χ0n) is 12.4. The van der Waals surface area contributed by atoms with E-state index in [-0.39, 0.29) is 11.7 Å². The van der Waals surface area contributed by atoms with E-state index in [9.17, 15) is 14.0 Å². The molecule has 1 aliphatic carbocycles. The van der Waals surface area contributed by atoms with Gasteiger partial charge in [0.2, 0.25) is 5.91 Å². The molecule has 0 saturated heterocycles. The molecule has 0 bridgehead atoms. The molecule has 114 valence electrons. The average Bonchev–Trinajstić information content (AvgIpc) is 2.95. The van der Waals surface area contributed by atoms with Crippen LogP contribution in [0.25, 0.3) is 0 Å². The Morgan fingerprint density at radius 3 is 2.52 bits per heavy atom. The Bertz CT molecular complexity index is 583. The van der Waals surface area contributed by atoms with Gasteiger partial charge in [-0.3, -0.25) is 9.59 Å². The van der Waals surface area contributed by atoms with Crippen molar-refractivity contribution in [2.45, 2.75) is 27.2 Å². The highest BCUT2D eigenvalue weighted by atomic mass is 19.1. The van der Waals surface area contributed by atoms with Crippen LogP contribution in [0.5, 0.6) is 0 Å². The molecular weight excluding hydrogens is 273 g/mol. The number of hydrogen-bond acceptors (Lipinski definition) is 2. The molecule has 0 heterocycles. The number of benzene rings is 1. The summed E-state index contributed by atoms with van der Waals surface area (Å²) in [6, 6.07) is 4.56. The quantitative estimate of drug-likeness (QED) is 0.874. The summed E-state index contributed by atoms with van der Waals surface area (Å²) in [4.78, 5) is 23.1. The van der Waals surface area contributed by atoms with Gasteiger partial charge in [0.25, 0.3) is 0 Å². The maximum atomic E-state index is 13.0. The Kier molecular flexibility index (Phi) is 4.03. The monoisotopic (exact) mass is 293 g/mol. The summed E-state index contributed by atoms with van der Waals surface area (Å²) in [5.41, 5.74) is 1.34. The minimum Gasteiger partial charge on any atom is -0.481 e. The molecule has 1 aromatic rings. The molecule has 2 atom stereocenters. The summed E-state index contributed by atoms with van der Waals surface area (Å²) in [5, 5.41) is 11.8. The standard InChI is InChI=1S/C16H20FNO3/c1-9-8-11(17)5-4-10(9)6-7-18-14(19)12-13(15(20)21)16(12,2)3/h4-5,8,12-13H,6-7H2,1-3H3,(H,18,19)(H,20,21). The van der Waals surface area contributed by atoms with Crippen LogP contribution in [0.2, 0.25) is 0 Å². The molecule has 0 aliphatic heterocycles. The predicted octanol–water partition coefficient (Wildman–Crippen LogP) is 2.15. The van der Waals surface area contributed by atoms with Crippen LogP contribution in [0, 0.1) is 30.0 Å². The summed E-state index contributed by atoms with van der Waals surface area (Å²) in [5.74, 6) is -2.49. The first kappa shape index (κ1) is 15.5. The molecule has 2 unspecified atom stereocenters. The number of aliphatic carboxylic acids is 1. The zero-order valence-corrected chi connectivity index (χ0v) is 12.4. The second kappa shape index (κ2) is 5.47. The topological polar surface area (TPSA) is 66.4 Å². The third-order valence-electron chi connectivity index (χ3n) is 4.37. The predicted molar refractivity (Wildman–Crippen MR) is 76.2 cm³/mol. The molecule has 1 aromatic carbocycles. The van der Waals surface area contributed by atoms with E-state index in [2.05, 4.69) is 5.32 Å². The Morgan fingerprint density at radius 1 is 1.33 bits per heavy atom. The Balaban J connectivity index is 1.87. The van der Waals surface area contributed by atoms with Crippen LogP contribution in [0.15, 0.2) is 18.2 Å². The van der Waals surface area contributed by atoms with Crippen LogP contribution < -0.4 is 5.32 Å². The van der Waals surface area contributed by atoms with E-state index >= 15 is 0 Å². The molecule has 1 fully saturated rings. The van der Waals surface area contributed by atoms with Crippen LogP contribution in [0.4, 0.5) is 4.39 Å². The zero-order chi connectivity index (χ0) is 15.8. The van der Waals surface area contributed by atoms with Crippen LogP contribution in [0.3, 0.4) is 0 Å². The Morgan fingerprint density at radius 2 is 2.00 bits per heavy atom. The van der Waals surface area contributed by atoms with Gasteiger partial charge in [-0.25, -0.2) is 4.39 Å². The summed E-state index contributed by atoms with van der Waals surface area (Å²) in [6.45, 7) is 5.83. The number of amides is 1. The summed E-state index contributed by atoms with van der Waals surface area (Å²) in [7, 11) is 0. The largest absolute Gasteiger partial charge is 0.481 e. The normalized spacial score (nSPS) is 22.7. The summed E-state index contributed by atoms with van der Waals surface area (Å²) < 4.78 is 13.0. The number of carboxylic acids is 1. The first-order valence-corrected chi connectivity index (χ1v) is 7.00. The molecule has 0 radical (unpaired) electrons. The fourth-order valence-electron chi connectivity index (χ4n) is 2.96. The second-order valence-electron chi connectivity index (χ2n) is 6.23. The Labute approximate surface area is 123 Å². The van der Waals surface area contributed by atoms with Crippen LogP contribution >= 0.6 is 0 Å². The molecule has 2 rings (SSSR count). The smallest absolute Gasteiger partial charge is 0.307 e. The van der Waals surface area contributed by atoms with Crippen molar-refractivity contribution >= 4 is 11.9 Å². The highest BCUT2D eigenvalue weighted by molar-refractivity contribution is 5.91. The van der Waals surface area contributed by atoms with E-state index in [1.807, 2.05) is 6.92 Å². The molecular formula is C16H20FNO3. The van der Waals surface area contributed by atoms with E-state index in [0.717, 1.165) is 11.1 Å². The molecule has 0 spiro atoms. The lowest BCUT2D eigenvalue weighted by molar-refractivity contribution is -0.140. The molecule has 21 heavy (non-hydrogen) atoms. The van der Waals surface area contributed by atoms with E-state index < -0.39 is 23.2 Å². The molecule has 1 aliphatic rings. The number of nitrogens with one attached hydrogen (secondary N) is 1. The fraction of sp³-hybridized carbons (Fsp3) is 0.500. The van der Waals surface area contributed by atoms with Crippen molar-refractivity contribution in [2.24, 2.45) is 17.3 Å². The van der Waals surface area contributed by atoms with E-state index in [1.54, 1.807) is 19.9 Å². The minimum atomic E-state index is -0.922. The van der Waals surface area contributed by atoms with Gasteiger partial charge in [-0.2, -0.15) is 0 Å². The van der Waals surface area contributed by atoms with Gasteiger partial charge >= 0.3 is 5.97 Å². The maximum Gasteiger partial charge on any atom is 0.307 e. The van der Waals surface area contributed by atoms with Crippen molar-refractivity contribution in [1.82, 2.24) is 5.32 Å². The SMILES string of the molecule is Cc1cc(F)ccc1CCNC(=O)C1C(C(=O)O)C1(C)C. The van der Waals surface area contributed by atoms with Crippen molar-refractivity contribution in [3.63, 3.8) is 0 Å². The van der Waals surface area contributed by atoms with Gasteiger partial charge in [-0.05, 0) is 42.0 Å².